The lowest BCUT2D eigenvalue weighted by Crippen LogP contribution is -2.11. The lowest BCUT2D eigenvalue weighted by molar-refractivity contribution is 0.0915. The van der Waals surface area contributed by atoms with Crippen molar-refractivity contribution in [2.45, 2.75) is 10.4 Å². The van der Waals surface area contributed by atoms with Crippen LogP contribution in [-0.2, 0) is 0 Å². The zero-order valence-electron chi connectivity index (χ0n) is 11.3. The first-order valence-corrected chi connectivity index (χ1v) is 7.48. The molecule has 0 radical (unpaired) electrons. The van der Waals surface area contributed by atoms with Crippen molar-refractivity contribution in [2.75, 3.05) is 7.11 Å². The molecule has 0 N–H and O–H groups in total. The van der Waals surface area contributed by atoms with Crippen molar-refractivity contribution >= 4 is 28.7 Å². The van der Waals surface area contributed by atoms with Gasteiger partial charge in [0.1, 0.15) is 11.0 Å². The first-order valence-electron chi connectivity index (χ1n) is 6.60. The molecule has 0 saturated carbocycles. The van der Waals surface area contributed by atoms with E-state index in [-0.39, 0.29) is 11.2 Å². The van der Waals surface area contributed by atoms with E-state index < -0.39 is 0 Å². The number of nitrogens with zero attached hydrogens (tertiary/aromatic N) is 2. The van der Waals surface area contributed by atoms with Gasteiger partial charge in [-0.1, -0.05) is 42.1 Å². The molecule has 2 heterocycles. The second-order valence-corrected chi connectivity index (χ2v) is 5.90. The molecule has 1 atom stereocenters. The fourth-order valence-corrected chi connectivity index (χ4v) is 3.72. The summed E-state index contributed by atoms with van der Waals surface area (Å²) in [5.74, 6) is 0.810. The highest BCUT2D eigenvalue weighted by molar-refractivity contribution is 8.00. The molecule has 0 aliphatic carbocycles. The Morgan fingerprint density at radius 2 is 2.00 bits per heavy atom. The van der Waals surface area contributed by atoms with Crippen molar-refractivity contribution in [2.24, 2.45) is 0 Å². The molecule has 2 aromatic carbocycles. The van der Waals surface area contributed by atoms with E-state index in [1.807, 2.05) is 48.5 Å². The van der Waals surface area contributed by atoms with Crippen molar-refractivity contribution in [3.8, 4) is 5.75 Å². The highest BCUT2D eigenvalue weighted by atomic mass is 32.2. The molecule has 104 valence electrons. The maximum atomic E-state index is 12.7. The lowest BCUT2D eigenvalue weighted by Gasteiger charge is -2.07. The number of methoxy groups -OCH3 is 1. The minimum atomic E-state index is -0.208. The molecule has 0 fully saturated rings. The van der Waals surface area contributed by atoms with Crippen molar-refractivity contribution < 1.29 is 9.53 Å². The van der Waals surface area contributed by atoms with Crippen LogP contribution in [0.5, 0.6) is 5.75 Å². The van der Waals surface area contributed by atoms with E-state index in [1.165, 1.54) is 11.8 Å². The summed E-state index contributed by atoms with van der Waals surface area (Å²) in [6.45, 7) is 0. The highest BCUT2D eigenvalue weighted by Crippen LogP contribution is 2.44. The molecule has 3 aromatic rings. The van der Waals surface area contributed by atoms with Crippen LogP contribution in [0, 0.1) is 0 Å². The van der Waals surface area contributed by atoms with Crippen LogP contribution in [0.3, 0.4) is 0 Å². The molecule has 0 spiro atoms. The first-order chi connectivity index (χ1) is 10.3. The van der Waals surface area contributed by atoms with Gasteiger partial charge in [-0.25, -0.2) is 4.98 Å². The zero-order valence-corrected chi connectivity index (χ0v) is 12.1. The van der Waals surface area contributed by atoms with Crippen molar-refractivity contribution in [3.05, 3.63) is 54.1 Å². The number of ether oxygens (including phenoxy) is 1. The zero-order chi connectivity index (χ0) is 14.4. The van der Waals surface area contributed by atoms with Crippen molar-refractivity contribution in [1.29, 1.82) is 0 Å². The van der Waals surface area contributed by atoms with Gasteiger partial charge in [0.25, 0.3) is 5.91 Å². The molecule has 0 amide bonds. The van der Waals surface area contributed by atoms with Crippen LogP contribution >= 0.6 is 11.8 Å². The normalized spacial score (nSPS) is 17.2. The molecule has 1 aliphatic heterocycles. The summed E-state index contributed by atoms with van der Waals surface area (Å²) in [5.41, 5.74) is 2.64. The number of benzene rings is 2. The number of carbonyl (C=O) groups excluding carboxylic acids is 1. The van der Waals surface area contributed by atoms with Crippen LogP contribution in [0.2, 0.25) is 0 Å². The Labute approximate surface area is 125 Å². The van der Waals surface area contributed by atoms with Gasteiger partial charge in [0.2, 0.25) is 0 Å². The van der Waals surface area contributed by atoms with E-state index in [9.17, 15) is 4.79 Å². The number of aromatic nitrogens is 2. The van der Waals surface area contributed by atoms with Gasteiger partial charge in [-0.15, -0.1) is 0 Å². The topological polar surface area (TPSA) is 44.1 Å². The Kier molecular flexibility index (Phi) is 2.75. The summed E-state index contributed by atoms with van der Waals surface area (Å²) in [4.78, 5) is 17.3. The van der Waals surface area contributed by atoms with Crippen LogP contribution in [0.25, 0.3) is 11.0 Å². The molecule has 4 nitrogen and oxygen atoms in total. The number of hydrogen-bond acceptors (Lipinski definition) is 4. The second kappa shape index (κ2) is 4.63. The number of hydrogen-bond donors (Lipinski definition) is 0. The second-order valence-electron chi connectivity index (χ2n) is 4.83. The van der Waals surface area contributed by atoms with Gasteiger partial charge in [-0.05, 0) is 17.7 Å². The third-order valence-corrected chi connectivity index (χ3v) is 4.80. The Morgan fingerprint density at radius 1 is 1.19 bits per heavy atom. The fourth-order valence-electron chi connectivity index (χ4n) is 2.57. The number of imidazole rings is 1. The molecule has 1 aliphatic rings. The van der Waals surface area contributed by atoms with Crippen LogP contribution < -0.4 is 4.74 Å². The fraction of sp³-hybridized carbons (Fsp3) is 0.125. The summed E-state index contributed by atoms with van der Waals surface area (Å²) in [6, 6.07) is 15.4. The Bertz CT molecular complexity index is 842. The standard InChI is InChI=1S/C16H12N2O2S/c1-20-11-7-8-13-12(9-11)17-16-18(13)15(19)14(21-16)10-5-3-2-4-6-10/h2-9,14H,1H3. The third kappa shape index (κ3) is 1.85. The number of fused-ring (bicyclic) bond motifs is 3. The number of carbonyl (C=O) groups is 1. The molecule has 4 rings (SSSR count). The van der Waals surface area contributed by atoms with Gasteiger partial charge in [0, 0.05) is 6.07 Å². The van der Waals surface area contributed by atoms with E-state index in [1.54, 1.807) is 11.7 Å². The summed E-state index contributed by atoms with van der Waals surface area (Å²) >= 11 is 1.50. The Morgan fingerprint density at radius 3 is 2.76 bits per heavy atom. The van der Waals surface area contributed by atoms with Gasteiger partial charge in [0.05, 0.1) is 18.1 Å². The summed E-state index contributed by atoms with van der Waals surface area (Å²) in [7, 11) is 1.62. The molecule has 0 saturated heterocycles. The SMILES string of the molecule is COc1ccc2c(c1)nc1n2C(=O)C(c2ccccc2)S1. The summed E-state index contributed by atoms with van der Waals surface area (Å²) in [5, 5.41) is 0.539. The molecular weight excluding hydrogens is 284 g/mol. The molecule has 1 aromatic heterocycles. The Hall–Kier alpha value is -2.27. The van der Waals surface area contributed by atoms with E-state index in [0.717, 1.165) is 27.5 Å². The summed E-state index contributed by atoms with van der Waals surface area (Å²) < 4.78 is 6.90. The minimum Gasteiger partial charge on any atom is -0.497 e. The van der Waals surface area contributed by atoms with Gasteiger partial charge in [-0.2, -0.15) is 0 Å². The molecular formula is C16H12N2O2S. The minimum absolute atomic E-state index is 0.0638. The van der Waals surface area contributed by atoms with E-state index in [0.29, 0.717) is 0 Å². The van der Waals surface area contributed by atoms with Crippen LogP contribution in [0.1, 0.15) is 15.6 Å². The Balaban J connectivity index is 1.81. The van der Waals surface area contributed by atoms with E-state index >= 15 is 0 Å². The van der Waals surface area contributed by atoms with Gasteiger partial charge in [-0.3, -0.25) is 9.36 Å². The maximum Gasteiger partial charge on any atom is 0.251 e. The van der Waals surface area contributed by atoms with Gasteiger partial charge in [0.15, 0.2) is 5.16 Å². The quantitative estimate of drug-likeness (QED) is 0.725. The van der Waals surface area contributed by atoms with Crippen molar-refractivity contribution in [3.63, 3.8) is 0 Å². The van der Waals surface area contributed by atoms with Gasteiger partial charge < -0.3 is 4.74 Å². The highest BCUT2D eigenvalue weighted by Gasteiger charge is 2.35. The van der Waals surface area contributed by atoms with E-state index in [4.69, 9.17) is 4.74 Å². The summed E-state index contributed by atoms with van der Waals surface area (Å²) in [6.07, 6.45) is 0. The first kappa shape index (κ1) is 12.5. The average molecular weight is 296 g/mol. The average Bonchev–Trinajstić information content (AvgIpc) is 3.04. The van der Waals surface area contributed by atoms with Gasteiger partial charge >= 0.3 is 0 Å². The largest absolute Gasteiger partial charge is 0.497 e. The smallest absolute Gasteiger partial charge is 0.251 e. The molecule has 21 heavy (non-hydrogen) atoms. The third-order valence-electron chi connectivity index (χ3n) is 3.60. The monoisotopic (exact) mass is 296 g/mol. The number of thioether (sulfide) groups is 1. The predicted octanol–water partition coefficient (Wildman–Crippen LogP) is 3.53. The van der Waals surface area contributed by atoms with E-state index in [2.05, 4.69) is 4.98 Å². The molecule has 0 bridgehead atoms. The van der Waals surface area contributed by atoms with Crippen molar-refractivity contribution in [1.82, 2.24) is 9.55 Å². The number of rotatable bonds is 2. The molecule has 5 heteroatoms. The van der Waals surface area contributed by atoms with Crippen LogP contribution in [-0.4, -0.2) is 22.6 Å². The maximum absolute atomic E-state index is 12.7. The van der Waals surface area contributed by atoms with Crippen LogP contribution in [0.4, 0.5) is 0 Å². The molecule has 1 unspecified atom stereocenters. The predicted molar refractivity (Wildman–Crippen MR) is 82.0 cm³/mol. The van der Waals surface area contributed by atoms with Crippen LogP contribution in [0.15, 0.2) is 53.7 Å². The lowest BCUT2D eigenvalue weighted by atomic mass is 10.1.